The van der Waals surface area contributed by atoms with Crippen molar-refractivity contribution in [3.05, 3.63) is 68.6 Å². The van der Waals surface area contributed by atoms with Crippen LogP contribution in [0.4, 0.5) is 0 Å². The van der Waals surface area contributed by atoms with E-state index in [4.69, 9.17) is 32.8 Å². The second-order valence-corrected chi connectivity index (χ2v) is 9.60. The van der Waals surface area contributed by atoms with E-state index in [1.54, 1.807) is 24.3 Å². The first-order valence-corrected chi connectivity index (χ1v) is 13.2. The Morgan fingerprint density at radius 2 is 1.48 bits per heavy atom. The first-order chi connectivity index (χ1) is 20.9. The lowest BCUT2D eigenvalue weighted by Gasteiger charge is -2.44. The fourth-order valence-corrected chi connectivity index (χ4v) is 5.02. The molecule has 234 valence electrons. The predicted octanol–water partition coefficient (Wildman–Crippen LogP) is 2.92. The van der Waals surface area contributed by atoms with E-state index >= 15 is 0 Å². The van der Waals surface area contributed by atoms with Gasteiger partial charge in [0, 0.05) is 20.8 Å². The molecule has 0 bridgehead atoms. The van der Waals surface area contributed by atoms with Gasteiger partial charge < -0.3 is 37.7 Å². The maximum atomic E-state index is 13.7. The van der Waals surface area contributed by atoms with Gasteiger partial charge in [-0.25, -0.2) is 0 Å². The maximum Gasteiger partial charge on any atom is 0.303 e. The number of hydrogen-bond acceptors (Lipinski definition) is 14. The number of carbonyl (C=O) groups excluding carboxylic acids is 3. The lowest BCUT2D eigenvalue weighted by Crippen LogP contribution is -2.59. The number of nitrogens with zero attached hydrogens (tertiary/aromatic N) is 1. The van der Waals surface area contributed by atoms with Crippen molar-refractivity contribution >= 4 is 28.9 Å². The Labute approximate surface area is 249 Å². The number of benzene rings is 2. The monoisotopic (exact) mass is 615 g/mol. The van der Waals surface area contributed by atoms with Gasteiger partial charge in [-0.2, -0.15) is 0 Å². The summed E-state index contributed by atoms with van der Waals surface area (Å²) < 4.78 is 39.3. The standard InChI is InChI=1S/C29H29NO14/c1-14(31)41-26-22(13-40-30(35)36)44-27(29(43-16(3)33)28(26)42-15(2)32)23-21(38-5)11-10-19-24(34)20(12-39-25(19)23)17-6-8-18(37-4)9-7-17/h6-12,22,26-29H,13H2,1-5H3/t22-,26-,27+,28+,29+/m1/s1. The van der Waals surface area contributed by atoms with Gasteiger partial charge in [0.25, 0.3) is 5.09 Å². The maximum absolute atomic E-state index is 13.7. The molecule has 0 spiro atoms. The summed E-state index contributed by atoms with van der Waals surface area (Å²) in [6.07, 6.45) is -6.20. The van der Waals surface area contributed by atoms with Crippen molar-refractivity contribution in [1.29, 1.82) is 0 Å². The van der Waals surface area contributed by atoms with Crippen molar-refractivity contribution < 1.29 is 57.1 Å². The van der Waals surface area contributed by atoms with Crippen molar-refractivity contribution in [1.82, 2.24) is 0 Å². The number of ether oxygens (including phenoxy) is 6. The Balaban J connectivity index is 1.94. The predicted molar refractivity (Wildman–Crippen MR) is 148 cm³/mol. The van der Waals surface area contributed by atoms with E-state index in [1.165, 1.54) is 32.6 Å². The van der Waals surface area contributed by atoms with Crippen LogP contribution in [0.25, 0.3) is 22.1 Å². The third kappa shape index (κ3) is 6.72. The van der Waals surface area contributed by atoms with Crippen LogP contribution in [-0.4, -0.2) is 68.2 Å². The van der Waals surface area contributed by atoms with Crippen molar-refractivity contribution in [2.75, 3.05) is 20.8 Å². The molecule has 4 rings (SSSR count). The Kier molecular flexibility index (Phi) is 9.68. The Morgan fingerprint density at radius 3 is 2.05 bits per heavy atom. The molecule has 1 aliphatic heterocycles. The average Bonchev–Trinajstić information content (AvgIpc) is 2.97. The smallest absolute Gasteiger partial charge is 0.303 e. The molecule has 15 nitrogen and oxygen atoms in total. The number of carbonyl (C=O) groups is 3. The van der Waals surface area contributed by atoms with Crippen LogP contribution in [0.5, 0.6) is 11.5 Å². The molecular formula is C29H29NO14. The Bertz CT molecular complexity index is 1610. The molecule has 1 aliphatic rings. The zero-order chi connectivity index (χ0) is 32.1. The summed E-state index contributed by atoms with van der Waals surface area (Å²) >= 11 is 0. The molecule has 44 heavy (non-hydrogen) atoms. The summed E-state index contributed by atoms with van der Waals surface area (Å²) in [4.78, 5) is 65.9. The number of esters is 3. The molecule has 0 unspecified atom stereocenters. The molecule has 0 radical (unpaired) electrons. The Morgan fingerprint density at radius 1 is 0.864 bits per heavy atom. The number of fused-ring (bicyclic) bond motifs is 1. The van der Waals surface area contributed by atoms with Crippen LogP contribution in [0.3, 0.4) is 0 Å². The van der Waals surface area contributed by atoms with Gasteiger partial charge in [-0.1, -0.05) is 12.1 Å². The third-order valence-corrected chi connectivity index (χ3v) is 6.73. The van der Waals surface area contributed by atoms with Crippen LogP contribution in [-0.2, 0) is 38.2 Å². The van der Waals surface area contributed by atoms with E-state index in [-0.39, 0.29) is 27.8 Å². The van der Waals surface area contributed by atoms with Crippen LogP contribution in [0.1, 0.15) is 32.4 Å². The van der Waals surface area contributed by atoms with Crippen molar-refractivity contribution in [3.63, 3.8) is 0 Å². The highest BCUT2D eigenvalue weighted by atomic mass is 17.0. The van der Waals surface area contributed by atoms with Gasteiger partial charge in [0.15, 0.2) is 18.3 Å². The van der Waals surface area contributed by atoms with Crippen LogP contribution < -0.4 is 14.9 Å². The minimum atomic E-state index is -1.54. The molecule has 2 aromatic carbocycles. The largest absolute Gasteiger partial charge is 0.497 e. The quantitative estimate of drug-likeness (QED) is 0.140. The summed E-state index contributed by atoms with van der Waals surface area (Å²) in [6.45, 7) is 2.45. The summed E-state index contributed by atoms with van der Waals surface area (Å²) in [5.74, 6) is -1.82. The Hall–Kier alpha value is -5.18. The number of hydrogen-bond donors (Lipinski definition) is 0. The highest BCUT2D eigenvalue weighted by Crippen LogP contribution is 2.44. The van der Waals surface area contributed by atoms with Gasteiger partial charge in [-0.3, -0.25) is 19.2 Å². The molecular weight excluding hydrogens is 586 g/mol. The van der Waals surface area contributed by atoms with E-state index in [0.29, 0.717) is 11.3 Å². The SMILES string of the molecule is COc1ccc(-c2coc3c([C@@H]4O[C@H](CO[N+](=O)[O-])[C@@H](OC(C)=O)[C@H](OC(C)=O)[C@H]4OC(C)=O)c(OC)ccc3c2=O)cc1. The molecule has 0 amide bonds. The van der Waals surface area contributed by atoms with E-state index in [1.807, 2.05) is 0 Å². The fraction of sp³-hybridized carbons (Fsp3) is 0.379. The zero-order valence-electron chi connectivity index (χ0n) is 24.3. The summed E-state index contributed by atoms with van der Waals surface area (Å²) in [6, 6.07) is 9.66. The summed E-state index contributed by atoms with van der Waals surface area (Å²) in [5, 5.41) is 10.1. The molecule has 0 aliphatic carbocycles. The van der Waals surface area contributed by atoms with Gasteiger partial charge >= 0.3 is 17.9 Å². The van der Waals surface area contributed by atoms with Gasteiger partial charge in [0.05, 0.1) is 30.7 Å². The zero-order valence-corrected chi connectivity index (χ0v) is 24.3. The molecule has 0 N–H and O–H groups in total. The fourth-order valence-electron chi connectivity index (χ4n) is 5.02. The van der Waals surface area contributed by atoms with E-state index in [2.05, 4.69) is 4.84 Å². The van der Waals surface area contributed by atoms with Crippen LogP contribution in [0, 0.1) is 10.1 Å². The lowest BCUT2D eigenvalue weighted by molar-refractivity contribution is -0.760. The average molecular weight is 616 g/mol. The van der Waals surface area contributed by atoms with Crippen LogP contribution >= 0.6 is 0 Å². The molecule has 0 saturated carbocycles. The molecule has 1 aromatic heterocycles. The van der Waals surface area contributed by atoms with Crippen LogP contribution in [0.15, 0.2) is 51.9 Å². The summed E-state index contributed by atoms with van der Waals surface area (Å²) in [7, 11) is 2.84. The molecule has 1 saturated heterocycles. The lowest BCUT2D eigenvalue weighted by atomic mass is 9.89. The van der Waals surface area contributed by atoms with Crippen molar-refractivity contribution in [3.8, 4) is 22.6 Å². The summed E-state index contributed by atoms with van der Waals surface area (Å²) in [5.41, 5.74) is 0.362. The van der Waals surface area contributed by atoms with Gasteiger partial charge in [-0.05, 0) is 29.8 Å². The second-order valence-electron chi connectivity index (χ2n) is 9.60. The second kappa shape index (κ2) is 13.4. The van der Waals surface area contributed by atoms with Crippen molar-refractivity contribution in [2.24, 2.45) is 0 Å². The normalized spacial score (nSPS) is 21.2. The van der Waals surface area contributed by atoms with Gasteiger partial charge in [0.1, 0.15) is 42.2 Å². The van der Waals surface area contributed by atoms with E-state index < -0.39 is 65.6 Å². The van der Waals surface area contributed by atoms with Gasteiger partial charge in [-0.15, -0.1) is 10.1 Å². The molecule has 5 atom stereocenters. The number of methoxy groups -OCH3 is 2. The number of rotatable bonds is 10. The molecule has 2 heterocycles. The van der Waals surface area contributed by atoms with Crippen molar-refractivity contribution in [2.45, 2.75) is 51.3 Å². The highest BCUT2D eigenvalue weighted by Gasteiger charge is 2.53. The minimum Gasteiger partial charge on any atom is -0.497 e. The third-order valence-electron chi connectivity index (χ3n) is 6.73. The minimum absolute atomic E-state index is 0.0322. The molecule has 3 aromatic rings. The topological polar surface area (TPSA) is 189 Å². The first kappa shape index (κ1) is 31.7. The highest BCUT2D eigenvalue weighted by molar-refractivity contribution is 5.86. The first-order valence-electron chi connectivity index (χ1n) is 13.2. The molecule has 15 heteroatoms. The molecule has 1 fully saturated rings. The van der Waals surface area contributed by atoms with E-state index in [0.717, 1.165) is 20.8 Å². The van der Waals surface area contributed by atoms with Gasteiger partial charge in [0.2, 0.25) is 5.43 Å². The van der Waals surface area contributed by atoms with Crippen LogP contribution in [0.2, 0.25) is 0 Å². The van der Waals surface area contributed by atoms with E-state index in [9.17, 15) is 29.3 Å².